The van der Waals surface area contributed by atoms with Crippen molar-refractivity contribution in [3.8, 4) is 5.75 Å². The molecule has 0 aliphatic carbocycles. The molecular weight excluding hydrogens is 244 g/mol. The molecule has 2 N–H and O–H groups in total. The van der Waals surface area contributed by atoms with Gasteiger partial charge in [-0.2, -0.15) is 0 Å². The van der Waals surface area contributed by atoms with Crippen LogP contribution in [-0.2, 0) is 0 Å². The molecule has 0 aliphatic rings. The summed E-state index contributed by atoms with van der Waals surface area (Å²) in [6.45, 7) is 1.91. The number of methoxy groups -OCH3 is 1. The molecule has 2 aromatic rings. The Morgan fingerprint density at radius 1 is 1.32 bits per heavy atom. The van der Waals surface area contributed by atoms with E-state index in [1.54, 1.807) is 12.1 Å². The zero-order valence-corrected chi connectivity index (χ0v) is 10.7. The van der Waals surface area contributed by atoms with Gasteiger partial charge in [0.1, 0.15) is 11.3 Å². The highest BCUT2D eigenvalue weighted by atomic mass is 16.5. The highest BCUT2D eigenvalue weighted by Gasteiger charge is 2.12. The number of nitrogens with one attached hydrogen (secondary N) is 2. The van der Waals surface area contributed by atoms with Crippen molar-refractivity contribution in [1.29, 1.82) is 0 Å². The number of carbonyl (C=O) groups excluding carboxylic acids is 1. The van der Waals surface area contributed by atoms with Crippen LogP contribution in [-0.4, -0.2) is 18.0 Å². The van der Waals surface area contributed by atoms with Gasteiger partial charge in [0, 0.05) is 18.5 Å². The Kier molecular flexibility index (Phi) is 3.66. The molecule has 0 fully saturated rings. The third-order valence-electron chi connectivity index (χ3n) is 2.67. The van der Waals surface area contributed by atoms with Crippen LogP contribution in [0.4, 0.5) is 5.69 Å². The second kappa shape index (κ2) is 5.39. The first-order valence-electron chi connectivity index (χ1n) is 5.75. The minimum Gasteiger partial charge on any atom is -0.495 e. The van der Waals surface area contributed by atoms with E-state index in [1.807, 2.05) is 13.0 Å². The predicted molar refractivity (Wildman–Crippen MR) is 72.7 cm³/mol. The Balaban J connectivity index is 2.32. The number of ether oxygens (including phenoxy) is 1. The first kappa shape index (κ1) is 12.9. The van der Waals surface area contributed by atoms with Crippen LogP contribution >= 0.6 is 0 Å². The lowest BCUT2D eigenvalue weighted by molar-refractivity contribution is 0.102. The smallest absolute Gasteiger partial charge is 0.261 e. The summed E-state index contributed by atoms with van der Waals surface area (Å²) in [5.74, 6) is 0.0806. The van der Waals surface area contributed by atoms with Gasteiger partial charge in [-0.3, -0.25) is 9.59 Å². The molecule has 0 saturated heterocycles. The van der Waals surface area contributed by atoms with E-state index >= 15 is 0 Å². The van der Waals surface area contributed by atoms with Gasteiger partial charge in [0.2, 0.25) is 0 Å². The van der Waals surface area contributed by atoms with Crippen LogP contribution in [0.2, 0.25) is 0 Å². The number of aryl methyl sites for hydroxylation is 1. The molecule has 5 heteroatoms. The van der Waals surface area contributed by atoms with Gasteiger partial charge in [-0.15, -0.1) is 0 Å². The molecule has 98 valence electrons. The molecule has 0 radical (unpaired) electrons. The number of amides is 1. The van der Waals surface area contributed by atoms with Crippen LogP contribution in [0, 0.1) is 6.92 Å². The molecule has 5 nitrogen and oxygen atoms in total. The fourth-order valence-electron chi connectivity index (χ4n) is 1.70. The third-order valence-corrected chi connectivity index (χ3v) is 2.67. The lowest BCUT2D eigenvalue weighted by atomic mass is 10.2. The van der Waals surface area contributed by atoms with Crippen molar-refractivity contribution in [2.75, 3.05) is 12.4 Å². The molecule has 1 aromatic heterocycles. The average Bonchev–Trinajstić information content (AvgIpc) is 2.39. The van der Waals surface area contributed by atoms with Crippen molar-refractivity contribution in [2.45, 2.75) is 6.92 Å². The van der Waals surface area contributed by atoms with Crippen molar-refractivity contribution in [1.82, 2.24) is 4.98 Å². The first-order chi connectivity index (χ1) is 9.11. The summed E-state index contributed by atoms with van der Waals surface area (Å²) in [4.78, 5) is 26.3. The van der Waals surface area contributed by atoms with E-state index in [-0.39, 0.29) is 11.0 Å². The summed E-state index contributed by atoms with van der Waals surface area (Å²) in [6.07, 6.45) is 2.85. The molecule has 0 spiro atoms. The maximum Gasteiger partial charge on any atom is 0.261 e. The fraction of sp³-hybridized carbons (Fsp3) is 0.143. The number of benzene rings is 1. The van der Waals surface area contributed by atoms with Crippen LogP contribution in [0.3, 0.4) is 0 Å². The molecule has 0 unspecified atom stereocenters. The van der Waals surface area contributed by atoms with Gasteiger partial charge in [0.05, 0.1) is 12.8 Å². The van der Waals surface area contributed by atoms with E-state index in [4.69, 9.17) is 4.74 Å². The maximum atomic E-state index is 12.0. The molecule has 0 atom stereocenters. The van der Waals surface area contributed by atoms with E-state index in [1.165, 1.54) is 25.6 Å². The minimum atomic E-state index is -0.467. The highest BCUT2D eigenvalue weighted by Crippen LogP contribution is 2.25. The van der Waals surface area contributed by atoms with Crippen molar-refractivity contribution in [2.24, 2.45) is 0 Å². The van der Waals surface area contributed by atoms with E-state index in [2.05, 4.69) is 10.3 Å². The lowest BCUT2D eigenvalue weighted by Crippen LogP contribution is -2.21. The number of hydrogen-bond acceptors (Lipinski definition) is 3. The maximum absolute atomic E-state index is 12.0. The second-order valence-corrected chi connectivity index (χ2v) is 4.08. The third kappa shape index (κ3) is 2.82. The van der Waals surface area contributed by atoms with Crippen LogP contribution in [0.25, 0.3) is 0 Å². The van der Waals surface area contributed by atoms with Gasteiger partial charge < -0.3 is 15.0 Å². The predicted octanol–water partition coefficient (Wildman–Crippen LogP) is 1.94. The Morgan fingerprint density at radius 2 is 2.11 bits per heavy atom. The number of aromatic amines is 1. The normalized spacial score (nSPS) is 10.0. The molecule has 19 heavy (non-hydrogen) atoms. The SMILES string of the molecule is COc1ccc(C)cc1NC(=O)c1c[nH]ccc1=O. The topological polar surface area (TPSA) is 71.2 Å². The molecule has 1 amide bonds. The number of rotatable bonds is 3. The summed E-state index contributed by atoms with van der Waals surface area (Å²) < 4.78 is 5.17. The number of carbonyl (C=O) groups is 1. The average molecular weight is 258 g/mol. The van der Waals surface area contributed by atoms with Crippen LogP contribution in [0.1, 0.15) is 15.9 Å². The Labute approximate surface area is 110 Å². The summed E-state index contributed by atoms with van der Waals surface area (Å²) in [5.41, 5.74) is 1.25. The van der Waals surface area contributed by atoms with Crippen LogP contribution in [0.15, 0.2) is 41.5 Å². The van der Waals surface area contributed by atoms with E-state index in [0.717, 1.165) is 5.56 Å². The monoisotopic (exact) mass is 258 g/mol. The number of hydrogen-bond donors (Lipinski definition) is 2. The van der Waals surface area contributed by atoms with Crippen LogP contribution < -0.4 is 15.5 Å². The Morgan fingerprint density at radius 3 is 2.79 bits per heavy atom. The van der Waals surface area contributed by atoms with Gasteiger partial charge in [-0.25, -0.2) is 0 Å². The highest BCUT2D eigenvalue weighted by molar-refractivity contribution is 6.04. The Hall–Kier alpha value is -2.56. The van der Waals surface area contributed by atoms with Crippen molar-refractivity contribution in [3.05, 3.63) is 58.0 Å². The number of H-pyrrole nitrogens is 1. The fourth-order valence-corrected chi connectivity index (χ4v) is 1.70. The standard InChI is InChI=1S/C14H14N2O3/c1-9-3-4-13(19-2)11(7-9)16-14(18)10-8-15-6-5-12(10)17/h3-8H,1-2H3,(H,15,17)(H,16,18). The van der Waals surface area contributed by atoms with Crippen molar-refractivity contribution >= 4 is 11.6 Å². The van der Waals surface area contributed by atoms with Gasteiger partial charge in [0.15, 0.2) is 5.43 Å². The molecule has 2 rings (SSSR count). The molecule has 0 aliphatic heterocycles. The van der Waals surface area contributed by atoms with E-state index in [0.29, 0.717) is 11.4 Å². The van der Waals surface area contributed by atoms with Gasteiger partial charge in [0.25, 0.3) is 5.91 Å². The summed E-state index contributed by atoms with van der Waals surface area (Å²) in [7, 11) is 1.52. The number of anilines is 1. The van der Waals surface area contributed by atoms with E-state index < -0.39 is 5.91 Å². The molecular formula is C14H14N2O3. The minimum absolute atomic E-state index is 0.0612. The van der Waals surface area contributed by atoms with Gasteiger partial charge in [-0.1, -0.05) is 6.07 Å². The van der Waals surface area contributed by atoms with Crippen molar-refractivity contribution < 1.29 is 9.53 Å². The first-order valence-corrected chi connectivity index (χ1v) is 5.75. The van der Waals surface area contributed by atoms with Crippen LogP contribution in [0.5, 0.6) is 5.75 Å². The molecule has 1 heterocycles. The van der Waals surface area contributed by atoms with Gasteiger partial charge in [-0.05, 0) is 24.6 Å². The Bertz CT molecular complexity index is 662. The number of aromatic nitrogens is 1. The summed E-state index contributed by atoms with van der Waals surface area (Å²) in [5, 5.41) is 2.68. The summed E-state index contributed by atoms with van der Waals surface area (Å²) in [6, 6.07) is 6.74. The lowest BCUT2D eigenvalue weighted by Gasteiger charge is -2.10. The molecule has 0 saturated carbocycles. The largest absolute Gasteiger partial charge is 0.495 e. The quantitative estimate of drug-likeness (QED) is 0.883. The van der Waals surface area contributed by atoms with Gasteiger partial charge >= 0.3 is 0 Å². The zero-order chi connectivity index (χ0) is 13.8. The number of pyridine rings is 1. The second-order valence-electron chi connectivity index (χ2n) is 4.08. The van der Waals surface area contributed by atoms with E-state index in [9.17, 15) is 9.59 Å². The summed E-state index contributed by atoms with van der Waals surface area (Å²) >= 11 is 0. The molecule has 0 bridgehead atoms. The molecule has 1 aromatic carbocycles. The zero-order valence-electron chi connectivity index (χ0n) is 10.7. The van der Waals surface area contributed by atoms with Crippen molar-refractivity contribution in [3.63, 3.8) is 0 Å².